The normalized spacial score (nSPS) is 18.1. The van der Waals surface area contributed by atoms with E-state index in [2.05, 4.69) is 26.7 Å². The number of aromatic nitrogens is 1. The average molecular weight is 320 g/mol. The lowest BCUT2D eigenvalue weighted by atomic mass is 10.2. The standard InChI is InChI=1S/C17H28N4O2/c1-18-17(21-10-7-15-5-2-8-19-13-15)20-9-4-11-22-14-16-6-3-12-23-16/h2,5,8,13,16H,3-4,6-7,9-12,14H2,1H3,(H2,18,20,21). The van der Waals surface area contributed by atoms with E-state index in [1.165, 1.54) is 5.56 Å². The highest BCUT2D eigenvalue weighted by Gasteiger charge is 2.14. The Labute approximate surface area is 138 Å². The van der Waals surface area contributed by atoms with Gasteiger partial charge in [-0.25, -0.2) is 0 Å². The fourth-order valence-electron chi connectivity index (χ4n) is 2.46. The number of nitrogens with one attached hydrogen (secondary N) is 2. The van der Waals surface area contributed by atoms with Crippen molar-refractivity contribution in [3.8, 4) is 0 Å². The molecular formula is C17H28N4O2. The first-order chi connectivity index (χ1) is 11.4. The van der Waals surface area contributed by atoms with Crippen molar-refractivity contribution in [1.82, 2.24) is 15.6 Å². The van der Waals surface area contributed by atoms with E-state index in [1.54, 1.807) is 13.2 Å². The van der Waals surface area contributed by atoms with Gasteiger partial charge in [-0.2, -0.15) is 0 Å². The van der Waals surface area contributed by atoms with Crippen molar-refractivity contribution < 1.29 is 9.47 Å². The van der Waals surface area contributed by atoms with Crippen LogP contribution < -0.4 is 10.6 Å². The number of guanidine groups is 1. The van der Waals surface area contributed by atoms with Crippen molar-refractivity contribution in [3.63, 3.8) is 0 Å². The first kappa shape index (κ1) is 17.7. The summed E-state index contributed by atoms with van der Waals surface area (Å²) in [5.74, 6) is 0.827. The molecule has 1 aliphatic heterocycles. The summed E-state index contributed by atoms with van der Waals surface area (Å²) < 4.78 is 11.2. The molecule has 128 valence electrons. The Hall–Kier alpha value is -1.66. The van der Waals surface area contributed by atoms with Gasteiger partial charge in [0.15, 0.2) is 5.96 Å². The molecule has 6 heteroatoms. The molecule has 0 spiro atoms. The molecule has 0 radical (unpaired) electrons. The second-order valence-corrected chi connectivity index (χ2v) is 5.60. The molecule has 1 aliphatic rings. The minimum Gasteiger partial charge on any atom is -0.379 e. The summed E-state index contributed by atoms with van der Waals surface area (Å²) >= 11 is 0. The van der Waals surface area contributed by atoms with E-state index >= 15 is 0 Å². The van der Waals surface area contributed by atoms with Crippen LogP contribution in [0.4, 0.5) is 0 Å². The predicted octanol–water partition coefficient (Wildman–Crippen LogP) is 1.37. The van der Waals surface area contributed by atoms with E-state index in [9.17, 15) is 0 Å². The lowest BCUT2D eigenvalue weighted by Gasteiger charge is -2.13. The minimum absolute atomic E-state index is 0.310. The number of hydrogen-bond donors (Lipinski definition) is 2. The van der Waals surface area contributed by atoms with Crippen molar-refractivity contribution in [2.75, 3.05) is 40.0 Å². The lowest BCUT2D eigenvalue weighted by molar-refractivity contribution is 0.0168. The maximum Gasteiger partial charge on any atom is 0.190 e. The van der Waals surface area contributed by atoms with Gasteiger partial charge in [-0.05, 0) is 37.3 Å². The van der Waals surface area contributed by atoms with E-state index in [0.29, 0.717) is 6.10 Å². The maximum absolute atomic E-state index is 5.64. The molecule has 23 heavy (non-hydrogen) atoms. The summed E-state index contributed by atoms with van der Waals surface area (Å²) in [6.07, 6.45) is 8.17. The zero-order valence-electron chi connectivity index (χ0n) is 14.0. The Morgan fingerprint density at radius 2 is 2.35 bits per heavy atom. The van der Waals surface area contributed by atoms with Crippen molar-refractivity contribution in [1.29, 1.82) is 0 Å². The summed E-state index contributed by atoms with van der Waals surface area (Å²) in [6, 6.07) is 4.04. The van der Waals surface area contributed by atoms with E-state index in [1.807, 2.05) is 12.3 Å². The third-order valence-electron chi connectivity index (χ3n) is 3.74. The van der Waals surface area contributed by atoms with Gasteiger partial charge in [-0.3, -0.25) is 9.98 Å². The third-order valence-corrected chi connectivity index (χ3v) is 3.74. The molecule has 2 N–H and O–H groups in total. The van der Waals surface area contributed by atoms with E-state index in [0.717, 1.165) is 64.6 Å². The average Bonchev–Trinajstić information content (AvgIpc) is 3.10. The van der Waals surface area contributed by atoms with Gasteiger partial charge in [0.2, 0.25) is 0 Å². The number of hydrogen-bond acceptors (Lipinski definition) is 4. The third kappa shape index (κ3) is 7.43. The highest BCUT2D eigenvalue weighted by molar-refractivity contribution is 5.79. The zero-order chi connectivity index (χ0) is 16.2. The second-order valence-electron chi connectivity index (χ2n) is 5.60. The molecule has 0 saturated carbocycles. The first-order valence-corrected chi connectivity index (χ1v) is 8.41. The van der Waals surface area contributed by atoms with Crippen LogP contribution in [-0.2, 0) is 15.9 Å². The van der Waals surface area contributed by atoms with Gasteiger partial charge in [0.05, 0.1) is 12.7 Å². The van der Waals surface area contributed by atoms with Gasteiger partial charge in [0.25, 0.3) is 0 Å². The molecule has 1 unspecified atom stereocenters. The largest absolute Gasteiger partial charge is 0.379 e. The molecule has 0 bridgehead atoms. The van der Waals surface area contributed by atoms with Crippen LogP contribution in [0.2, 0.25) is 0 Å². The van der Waals surface area contributed by atoms with Crippen LogP contribution in [0.25, 0.3) is 0 Å². The van der Waals surface area contributed by atoms with Crippen LogP contribution in [0.1, 0.15) is 24.8 Å². The first-order valence-electron chi connectivity index (χ1n) is 8.41. The SMILES string of the molecule is CN=C(NCCCOCC1CCCO1)NCCc1cccnc1. The molecule has 2 rings (SSSR count). The van der Waals surface area contributed by atoms with Gasteiger partial charge < -0.3 is 20.1 Å². The summed E-state index contributed by atoms with van der Waals surface area (Å²) in [5, 5.41) is 6.60. The van der Waals surface area contributed by atoms with Gasteiger partial charge in [-0.1, -0.05) is 6.07 Å². The van der Waals surface area contributed by atoms with Crippen LogP contribution in [0.3, 0.4) is 0 Å². The van der Waals surface area contributed by atoms with Gasteiger partial charge in [-0.15, -0.1) is 0 Å². The summed E-state index contributed by atoms with van der Waals surface area (Å²) in [5.41, 5.74) is 1.22. The number of pyridine rings is 1. The smallest absolute Gasteiger partial charge is 0.190 e. The van der Waals surface area contributed by atoms with Crippen LogP contribution in [0.5, 0.6) is 0 Å². The summed E-state index contributed by atoms with van der Waals surface area (Å²) in [7, 11) is 1.79. The molecule has 1 atom stereocenters. The van der Waals surface area contributed by atoms with Crippen LogP contribution >= 0.6 is 0 Å². The summed E-state index contributed by atoms with van der Waals surface area (Å²) in [6.45, 7) is 4.03. The Morgan fingerprint density at radius 3 is 3.09 bits per heavy atom. The van der Waals surface area contributed by atoms with Crippen molar-refractivity contribution in [3.05, 3.63) is 30.1 Å². The highest BCUT2D eigenvalue weighted by Crippen LogP contribution is 2.11. The van der Waals surface area contributed by atoms with Crippen LogP contribution in [-0.4, -0.2) is 57.0 Å². The second kappa shape index (κ2) is 11.0. The fourth-order valence-corrected chi connectivity index (χ4v) is 2.46. The van der Waals surface area contributed by atoms with Crippen molar-refractivity contribution in [2.45, 2.75) is 31.8 Å². The summed E-state index contributed by atoms with van der Waals surface area (Å²) in [4.78, 5) is 8.33. The Balaban J connectivity index is 1.47. The van der Waals surface area contributed by atoms with E-state index < -0.39 is 0 Å². The molecule has 1 fully saturated rings. The van der Waals surface area contributed by atoms with E-state index in [-0.39, 0.29) is 0 Å². The molecule has 2 heterocycles. The molecule has 6 nitrogen and oxygen atoms in total. The van der Waals surface area contributed by atoms with Crippen LogP contribution in [0.15, 0.2) is 29.5 Å². The number of rotatable bonds is 9. The monoisotopic (exact) mass is 320 g/mol. The van der Waals surface area contributed by atoms with Crippen LogP contribution in [0, 0.1) is 0 Å². The zero-order valence-corrected chi connectivity index (χ0v) is 14.0. The molecule has 1 saturated heterocycles. The van der Waals surface area contributed by atoms with Crippen molar-refractivity contribution in [2.24, 2.45) is 4.99 Å². The molecule has 0 aromatic carbocycles. The Bertz CT molecular complexity index is 447. The molecule has 0 aliphatic carbocycles. The molecule has 1 aromatic rings. The Morgan fingerprint density at radius 1 is 1.43 bits per heavy atom. The number of aliphatic imine (C=N–C) groups is 1. The molecule has 0 amide bonds. The number of nitrogens with zero attached hydrogens (tertiary/aromatic N) is 2. The predicted molar refractivity (Wildman–Crippen MR) is 91.7 cm³/mol. The highest BCUT2D eigenvalue weighted by atomic mass is 16.5. The van der Waals surface area contributed by atoms with Gasteiger partial charge >= 0.3 is 0 Å². The van der Waals surface area contributed by atoms with Crippen molar-refractivity contribution >= 4 is 5.96 Å². The maximum atomic E-state index is 5.64. The Kier molecular flexibility index (Phi) is 8.43. The van der Waals surface area contributed by atoms with Gasteiger partial charge in [0.1, 0.15) is 0 Å². The quantitative estimate of drug-likeness (QED) is 0.409. The minimum atomic E-state index is 0.310. The van der Waals surface area contributed by atoms with E-state index in [4.69, 9.17) is 9.47 Å². The number of ether oxygens (including phenoxy) is 2. The van der Waals surface area contributed by atoms with Gasteiger partial charge in [0, 0.05) is 45.7 Å². The molecular weight excluding hydrogens is 292 g/mol. The topological polar surface area (TPSA) is 67.8 Å². The fraction of sp³-hybridized carbons (Fsp3) is 0.647. The molecule has 1 aromatic heterocycles. The lowest BCUT2D eigenvalue weighted by Crippen LogP contribution is -2.39.